The largest absolute Gasteiger partial charge is 0.467 e. The van der Waals surface area contributed by atoms with Gasteiger partial charge < -0.3 is 9.47 Å². The summed E-state index contributed by atoms with van der Waals surface area (Å²) in [5.74, 6) is -2.71. The summed E-state index contributed by atoms with van der Waals surface area (Å²) in [5, 5.41) is 0.272. The van der Waals surface area contributed by atoms with E-state index in [1.165, 1.54) is 18.2 Å². The van der Waals surface area contributed by atoms with Crippen LogP contribution in [0.5, 0.6) is 5.75 Å². The predicted molar refractivity (Wildman–Crippen MR) is 106 cm³/mol. The Kier molecular flexibility index (Phi) is 4.87. The number of hydrogen-bond acceptors (Lipinski definition) is 7. The number of fused-ring (bicyclic) bond motifs is 1. The molecule has 0 saturated carbocycles. The monoisotopic (exact) mass is 426 g/mol. The topological polar surface area (TPSA) is 102 Å². The van der Waals surface area contributed by atoms with Gasteiger partial charge >= 0.3 is 11.9 Å². The highest BCUT2D eigenvalue weighted by molar-refractivity contribution is 6.32. The number of imide groups is 1. The smallest absolute Gasteiger partial charge is 0.338 e. The highest BCUT2D eigenvalue weighted by Crippen LogP contribution is 2.37. The lowest BCUT2D eigenvalue weighted by Gasteiger charge is -2.32. The number of ether oxygens (including phenoxy) is 2. The van der Waals surface area contributed by atoms with E-state index in [-0.39, 0.29) is 22.6 Å². The van der Waals surface area contributed by atoms with Gasteiger partial charge in [0.15, 0.2) is 11.6 Å². The molecule has 8 nitrogen and oxygen atoms in total. The first kappa shape index (κ1) is 19.8. The zero-order valence-electron chi connectivity index (χ0n) is 15.7. The van der Waals surface area contributed by atoms with Crippen LogP contribution < -0.4 is 4.74 Å². The zero-order chi connectivity index (χ0) is 21.5. The fourth-order valence-corrected chi connectivity index (χ4v) is 3.73. The van der Waals surface area contributed by atoms with Crippen molar-refractivity contribution in [2.24, 2.45) is 4.99 Å². The minimum absolute atomic E-state index is 0.0690. The van der Waals surface area contributed by atoms with Crippen molar-refractivity contribution < 1.29 is 28.7 Å². The fourth-order valence-electron chi connectivity index (χ4n) is 3.56. The van der Waals surface area contributed by atoms with E-state index in [1.54, 1.807) is 30.3 Å². The summed E-state index contributed by atoms with van der Waals surface area (Å²) in [6, 6.07) is 11.5. The van der Waals surface area contributed by atoms with E-state index in [4.69, 9.17) is 21.1 Å². The minimum atomic E-state index is -1.87. The SMILES string of the molecule is COC(=O)[C@]1(N2C(=O)c3ccc(Cl)cc3C2=O)C=N[C@H](C(=O)Oc2ccccc2)C1. The van der Waals surface area contributed by atoms with Gasteiger partial charge in [0.25, 0.3) is 11.8 Å². The van der Waals surface area contributed by atoms with E-state index >= 15 is 0 Å². The van der Waals surface area contributed by atoms with Gasteiger partial charge in [-0.15, -0.1) is 0 Å². The maximum absolute atomic E-state index is 13.0. The van der Waals surface area contributed by atoms with Crippen LogP contribution in [0.2, 0.25) is 5.02 Å². The standard InChI is InChI=1S/C21H15ClN2O6/c1-29-20(28)21(24-17(25)14-8-7-12(22)9-15(14)18(24)26)10-16(23-11-21)19(27)30-13-5-3-2-4-6-13/h2-9,11,16H,10H2,1H3/t16-,21+/m0/s1. The molecule has 0 unspecified atom stereocenters. The van der Waals surface area contributed by atoms with Crippen LogP contribution in [0.15, 0.2) is 53.5 Å². The molecule has 0 spiro atoms. The average Bonchev–Trinajstić information content (AvgIpc) is 3.29. The van der Waals surface area contributed by atoms with Crippen molar-refractivity contribution in [3.63, 3.8) is 0 Å². The van der Waals surface area contributed by atoms with Gasteiger partial charge in [-0.3, -0.25) is 19.5 Å². The predicted octanol–water partition coefficient (Wildman–Crippen LogP) is 2.30. The molecule has 9 heteroatoms. The summed E-state index contributed by atoms with van der Waals surface area (Å²) in [6.45, 7) is 0. The second-order valence-electron chi connectivity index (χ2n) is 6.78. The fraction of sp³-hybridized carbons (Fsp3) is 0.190. The van der Waals surface area contributed by atoms with Gasteiger partial charge in [0.05, 0.1) is 18.2 Å². The van der Waals surface area contributed by atoms with E-state index in [0.29, 0.717) is 5.75 Å². The Hall–Kier alpha value is -3.52. The number of carbonyl (C=O) groups excluding carboxylic acids is 4. The number of para-hydroxylation sites is 1. The van der Waals surface area contributed by atoms with Crippen molar-refractivity contribution in [1.82, 2.24) is 4.90 Å². The lowest BCUT2D eigenvalue weighted by Crippen LogP contribution is -2.58. The quantitative estimate of drug-likeness (QED) is 0.422. The summed E-state index contributed by atoms with van der Waals surface area (Å²) in [7, 11) is 1.13. The number of nitrogens with zero attached hydrogens (tertiary/aromatic N) is 2. The molecular weight excluding hydrogens is 412 g/mol. The van der Waals surface area contributed by atoms with Crippen LogP contribution >= 0.6 is 11.6 Å². The highest BCUT2D eigenvalue weighted by atomic mass is 35.5. The number of amides is 2. The molecule has 30 heavy (non-hydrogen) atoms. The summed E-state index contributed by atoms with van der Waals surface area (Å²) in [4.78, 5) is 56.1. The lowest BCUT2D eigenvalue weighted by molar-refractivity contribution is -0.148. The zero-order valence-corrected chi connectivity index (χ0v) is 16.5. The third-order valence-corrected chi connectivity index (χ3v) is 5.23. The van der Waals surface area contributed by atoms with E-state index in [1.807, 2.05) is 0 Å². The van der Waals surface area contributed by atoms with Crippen molar-refractivity contribution in [3.8, 4) is 5.75 Å². The number of rotatable bonds is 4. The van der Waals surface area contributed by atoms with Gasteiger partial charge in [-0.1, -0.05) is 29.8 Å². The number of benzene rings is 2. The molecule has 2 aliphatic heterocycles. The van der Waals surface area contributed by atoms with Crippen molar-refractivity contribution in [1.29, 1.82) is 0 Å². The number of aliphatic imine (C=N–C) groups is 1. The average molecular weight is 427 g/mol. The van der Waals surface area contributed by atoms with Gasteiger partial charge in [-0.2, -0.15) is 0 Å². The molecule has 2 amide bonds. The van der Waals surface area contributed by atoms with Crippen molar-refractivity contribution in [3.05, 3.63) is 64.7 Å². The Balaban J connectivity index is 1.65. The second-order valence-corrected chi connectivity index (χ2v) is 7.22. The number of carbonyl (C=O) groups is 4. The van der Waals surface area contributed by atoms with Crippen LogP contribution in [-0.2, 0) is 14.3 Å². The van der Waals surface area contributed by atoms with Crippen molar-refractivity contribution in [2.75, 3.05) is 7.11 Å². The molecule has 2 aliphatic rings. The molecule has 0 N–H and O–H groups in total. The molecule has 2 aromatic carbocycles. The van der Waals surface area contributed by atoms with Crippen LogP contribution in [0.1, 0.15) is 27.1 Å². The van der Waals surface area contributed by atoms with Crippen molar-refractivity contribution in [2.45, 2.75) is 18.0 Å². The van der Waals surface area contributed by atoms with Gasteiger partial charge in [0.1, 0.15) is 5.75 Å². The maximum atomic E-state index is 13.0. The number of esters is 2. The van der Waals surface area contributed by atoms with Crippen LogP contribution in [0.4, 0.5) is 0 Å². The molecule has 0 aromatic heterocycles. The lowest BCUT2D eigenvalue weighted by atomic mass is 9.93. The maximum Gasteiger partial charge on any atom is 0.338 e. The first-order chi connectivity index (χ1) is 14.4. The van der Waals surface area contributed by atoms with Crippen LogP contribution in [0.25, 0.3) is 0 Å². The van der Waals surface area contributed by atoms with Crippen molar-refractivity contribution >= 4 is 41.6 Å². The molecule has 0 bridgehead atoms. The molecular formula is C21H15ClN2O6. The Bertz CT molecular complexity index is 1100. The van der Waals surface area contributed by atoms with E-state index in [2.05, 4.69) is 4.99 Å². The third kappa shape index (κ3) is 3.05. The highest BCUT2D eigenvalue weighted by Gasteiger charge is 2.58. The Morgan fingerprint density at radius 3 is 2.50 bits per heavy atom. The Morgan fingerprint density at radius 1 is 1.10 bits per heavy atom. The molecule has 2 aromatic rings. The second kappa shape index (κ2) is 7.38. The first-order valence-electron chi connectivity index (χ1n) is 8.95. The van der Waals surface area contributed by atoms with E-state index in [0.717, 1.165) is 18.2 Å². The van der Waals surface area contributed by atoms with E-state index < -0.39 is 35.3 Å². The van der Waals surface area contributed by atoms with Gasteiger partial charge in [0, 0.05) is 17.7 Å². The Labute approximate surface area is 176 Å². The van der Waals surface area contributed by atoms with E-state index in [9.17, 15) is 19.2 Å². The van der Waals surface area contributed by atoms with Crippen LogP contribution in [0.3, 0.4) is 0 Å². The molecule has 2 atom stereocenters. The summed E-state index contributed by atoms with van der Waals surface area (Å²) < 4.78 is 10.1. The Morgan fingerprint density at radius 2 is 1.80 bits per heavy atom. The molecule has 4 rings (SSSR count). The molecule has 152 valence electrons. The molecule has 2 heterocycles. The molecule has 0 aliphatic carbocycles. The number of hydrogen-bond donors (Lipinski definition) is 0. The molecule has 0 radical (unpaired) electrons. The summed E-state index contributed by atoms with van der Waals surface area (Å²) >= 11 is 5.95. The molecule has 0 saturated heterocycles. The normalized spacial score (nSPS) is 22.2. The number of methoxy groups -OCH3 is 1. The van der Waals surface area contributed by atoms with Crippen LogP contribution in [-0.4, -0.2) is 53.6 Å². The van der Waals surface area contributed by atoms with Crippen LogP contribution in [0, 0.1) is 0 Å². The van der Waals surface area contributed by atoms with Gasteiger partial charge in [-0.25, -0.2) is 9.59 Å². The summed E-state index contributed by atoms with van der Waals surface area (Å²) in [5.41, 5.74) is -1.69. The number of halogens is 1. The summed E-state index contributed by atoms with van der Waals surface area (Å²) in [6.07, 6.45) is 0.823. The molecule has 0 fully saturated rings. The van der Waals surface area contributed by atoms with Gasteiger partial charge in [-0.05, 0) is 30.3 Å². The third-order valence-electron chi connectivity index (χ3n) is 4.99. The first-order valence-corrected chi connectivity index (χ1v) is 9.33. The van der Waals surface area contributed by atoms with Gasteiger partial charge in [0.2, 0.25) is 0 Å². The minimum Gasteiger partial charge on any atom is -0.467 e.